The summed E-state index contributed by atoms with van der Waals surface area (Å²) >= 11 is 0. The van der Waals surface area contributed by atoms with Gasteiger partial charge in [-0.15, -0.1) is 6.42 Å². The lowest BCUT2D eigenvalue weighted by atomic mass is 10.0. The van der Waals surface area contributed by atoms with E-state index >= 15 is 0 Å². The zero-order chi connectivity index (χ0) is 23.3. The number of aliphatic hydroxyl groups is 2. The van der Waals surface area contributed by atoms with Crippen LogP contribution in [0, 0.1) is 12.3 Å². The molecular formula is C28H30O5. The Balaban J connectivity index is 1.70. The molecule has 5 heteroatoms. The summed E-state index contributed by atoms with van der Waals surface area (Å²) in [4.78, 5) is 0. The summed E-state index contributed by atoms with van der Waals surface area (Å²) in [5.41, 5.74) is 2.84. The van der Waals surface area contributed by atoms with Crippen LogP contribution in [0.3, 0.4) is 0 Å². The fraction of sp³-hybridized carbons (Fsp3) is 0.286. The molecule has 0 saturated carbocycles. The Morgan fingerprint density at radius 1 is 0.636 bits per heavy atom. The van der Waals surface area contributed by atoms with E-state index in [1.54, 1.807) is 0 Å². The molecular weight excluding hydrogens is 416 g/mol. The van der Waals surface area contributed by atoms with E-state index in [1.807, 2.05) is 91.0 Å². The standard InChI is InChI=1S/C28H30O5/c1-2-25(29)27(32-19-23-14-8-4-9-15-23)28(33-20-24-16-10-5-11-17-24)26(30)21-31-18-22-12-6-3-7-13-22/h1,3-17,25-30H,18-21H2/t25-,26-,27+,28-/m1/s1. The molecule has 33 heavy (non-hydrogen) atoms. The Morgan fingerprint density at radius 2 is 1.06 bits per heavy atom. The Bertz CT molecular complexity index is 956. The van der Waals surface area contributed by atoms with Gasteiger partial charge in [0.25, 0.3) is 0 Å². The quantitative estimate of drug-likeness (QED) is 0.392. The lowest BCUT2D eigenvalue weighted by molar-refractivity contribution is -0.167. The van der Waals surface area contributed by atoms with E-state index in [2.05, 4.69) is 5.92 Å². The molecule has 0 aliphatic heterocycles. The van der Waals surface area contributed by atoms with Gasteiger partial charge >= 0.3 is 0 Å². The average Bonchev–Trinajstić information content (AvgIpc) is 2.87. The average molecular weight is 447 g/mol. The molecule has 0 aliphatic rings. The third kappa shape index (κ3) is 8.14. The maximum atomic E-state index is 11.0. The van der Waals surface area contributed by atoms with Crippen LogP contribution >= 0.6 is 0 Å². The van der Waals surface area contributed by atoms with Gasteiger partial charge in [0.05, 0.1) is 26.4 Å². The molecule has 5 nitrogen and oxygen atoms in total. The highest BCUT2D eigenvalue weighted by atomic mass is 16.6. The summed E-state index contributed by atoms with van der Waals surface area (Å²) in [7, 11) is 0. The normalized spacial score (nSPS) is 14.7. The lowest BCUT2D eigenvalue weighted by Gasteiger charge is -2.32. The van der Waals surface area contributed by atoms with Crippen molar-refractivity contribution in [2.45, 2.75) is 44.2 Å². The minimum absolute atomic E-state index is 0.00314. The predicted octanol–water partition coefficient (Wildman–Crippen LogP) is 3.73. The summed E-state index contributed by atoms with van der Waals surface area (Å²) in [6.07, 6.45) is 1.32. The molecule has 172 valence electrons. The van der Waals surface area contributed by atoms with Crippen LogP contribution in [0.5, 0.6) is 0 Å². The Labute approximate surface area is 195 Å². The van der Waals surface area contributed by atoms with Crippen molar-refractivity contribution in [3.8, 4) is 12.3 Å². The van der Waals surface area contributed by atoms with Crippen LogP contribution in [0.4, 0.5) is 0 Å². The number of rotatable bonds is 13. The summed E-state index contributed by atoms with van der Waals surface area (Å²) in [5, 5.41) is 21.5. The molecule has 0 fully saturated rings. The van der Waals surface area contributed by atoms with Gasteiger partial charge in [0, 0.05) is 0 Å². The van der Waals surface area contributed by atoms with E-state index in [9.17, 15) is 10.2 Å². The summed E-state index contributed by atoms with van der Waals surface area (Å²) in [6, 6.07) is 28.8. The SMILES string of the molecule is C#C[C@@H](O)[C@H](OCc1ccccc1)[C@H](OCc1ccccc1)[C@H](O)COCc1ccccc1. The topological polar surface area (TPSA) is 68.2 Å². The smallest absolute Gasteiger partial charge is 0.143 e. The van der Waals surface area contributed by atoms with Crippen molar-refractivity contribution >= 4 is 0 Å². The molecule has 0 radical (unpaired) electrons. The van der Waals surface area contributed by atoms with Gasteiger partial charge in [0.1, 0.15) is 24.4 Å². The summed E-state index contributed by atoms with van der Waals surface area (Å²) in [5.74, 6) is 2.32. The van der Waals surface area contributed by atoms with E-state index in [0.29, 0.717) is 6.61 Å². The number of benzene rings is 3. The number of terminal acetylenes is 1. The number of hydrogen-bond donors (Lipinski definition) is 2. The first-order valence-electron chi connectivity index (χ1n) is 10.9. The largest absolute Gasteiger partial charge is 0.388 e. The number of hydrogen-bond acceptors (Lipinski definition) is 5. The van der Waals surface area contributed by atoms with Gasteiger partial charge in [-0.25, -0.2) is 0 Å². The van der Waals surface area contributed by atoms with E-state index in [4.69, 9.17) is 20.6 Å². The van der Waals surface area contributed by atoms with Crippen molar-refractivity contribution in [1.29, 1.82) is 0 Å². The maximum absolute atomic E-state index is 11.0. The highest BCUT2D eigenvalue weighted by Crippen LogP contribution is 2.19. The number of aliphatic hydroxyl groups excluding tert-OH is 2. The third-order valence-electron chi connectivity index (χ3n) is 5.16. The monoisotopic (exact) mass is 446 g/mol. The summed E-state index contributed by atoms with van der Waals surface area (Å²) < 4.78 is 17.8. The highest BCUT2D eigenvalue weighted by molar-refractivity contribution is 5.15. The minimum atomic E-state index is -1.27. The van der Waals surface area contributed by atoms with Gasteiger partial charge in [-0.1, -0.05) is 96.9 Å². The van der Waals surface area contributed by atoms with Crippen LogP contribution in [-0.4, -0.2) is 41.2 Å². The van der Waals surface area contributed by atoms with Crippen LogP contribution in [0.1, 0.15) is 16.7 Å². The van der Waals surface area contributed by atoms with E-state index in [0.717, 1.165) is 16.7 Å². The van der Waals surface area contributed by atoms with Crippen molar-refractivity contribution < 1.29 is 24.4 Å². The van der Waals surface area contributed by atoms with Crippen molar-refractivity contribution in [2.75, 3.05) is 6.61 Å². The van der Waals surface area contributed by atoms with Crippen LogP contribution in [0.25, 0.3) is 0 Å². The van der Waals surface area contributed by atoms with Crippen molar-refractivity contribution in [1.82, 2.24) is 0 Å². The zero-order valence-electron chi connectivity index (χ0n) is 18.5. The van der Waals surface area contributed by atoms with Gasteiger partial charge in [-0.3, -0.25) is 0 Å². The van der Waals surface area contributed by atoms with Crippen LogP contribution in [0.2, 0.25) is 0 Å². The molecule has 3 aromatic carbocycles. The van der Waals surface area contributed by atoms with Crippen LogP contribution in [-0.2, 0) is 34.0 Å². The molecule has 3 aromatic rings. The molecule has 3 rings (SSSR count). The lowest BCUT2D eigenvalue weighted by Crippen LogP contribution is -2.48. The van der Waals surface area contributed by atoms with Gasteiger partial charge < -0.3 is 24.4 Å². The first kappa shape index (κ1) is 24.7. The van der Waals surface area contributed by atoms with Crippen LogP contribution < -0.4 is 0 Å². The number of ether oxygens (including phenoxy) is 3. The third-order valence-corrected chi connectivity index (χ3v) is 5.16. The van der Waals surface area contributed by atoms with Gasteiger partial charge in [-0.2, -0.15) is 0 Å². The first-order valence-corrected chi connectivity index (χ1v) is 10.9. The fourth-order valence-electron chi connectivity index (χ4n) is 3.39. The Hall–Kier alpha value is -2.98. The van der Waals surface area contributed by atoms with Crippen molar-refractivity contribution in [3.05, 3.63) is 108 Å². The maximum Gasteiger partial charge on any atom is 0.143 e. The molecule has 0 heterocycles. The van der Waals surface area contributed by atoms with E-state index in [1.165, 1.54) is 0 Å². The summed E-state index contributed by atoms with van der Waals surface area (Å²) in [6.45, 7) is 0.782. The highest BCUT2D eigenvalue weighted by Gasteiger charge is 2.35. The second-order valence-corrected chi connectivity index (χ2v) is 7.70. The van der Waals surface area contributed by atoms with Crippen molar-refractivity contribution in [2.24, 2.45) is 0 Å². The molecule has 0 aliphatic carbocycles. The Morgan fingerprint density at radius 3 is 1.52 bits per heavy atom. The van der Waals surface area contributed by atoms with E-state index < -0.39 is 24.4 Å². The second-order valence-electron chi connectivity index (χ2n) is 7.70. The molecule has 0 aromatic heterocycles. The second kappa shape index (κ2) is 13.5. The fourth-order valence-corrected chi connectivity index (χ4v) is 3.39. The van der Waals surface area contributed by atoms with Gasteiger partial charge in [0.2, 0.25) is 0 Å². The molecule has 0 amide bonds. The van der Waals surface area contributed by atoms with Gasteiger partial charge in [-0.05, 0) is 16.7 Å². The molecule has 0 unspecified atom stereocenters. The van der Waals surface area contributed by atoms with Crippen molar-refractivity contribution in [3.63, 3.8) is 0 Å². The van der Waals surface area contributed by atoms with Crippen LogP contribution in [0.15, 0.2) is 91.0 Å². The molecule has 0 bridgehead atoms. The Kier molecular flexibility index (Phi) is 10.1. The zero-order valence-corrected chi connectivity index (χ0v) is 18.5. The first-order chi connectivity index (χ1) is 16.2. The van der Waals surface area contributed by atoms with E-state index in [-0.39, 0.29) is 19.8 Å². The molecule has 0 spiro atoms. The minimum Gasteiger partial charge on any atom is -0.388 e. The molecule has 0 saturated heterocycles. The predicted molar refractivity (Wildman–Crippen MR) is 127 cm³/mol. The van der Waals surface area contributed by atoms with Gasteiger partial charge in [0.15, 0.2) is 0 Å². The molecule has 2 N–H and O–H groups in total. The molecule has 4 atom stereocenters.